The van der Waals surface area contributed by atoms with Crippen molar-refractivity contribution < 1.29 is 14.0 Å². The van der Waals surface area contributed by atoms with Crippen molar-refractivity contribution in [2.24, 2.45) is 5.73 Å². The van der Waals surface area contributed by atoms with Crippen LogP contribution in [0.5, 0.6) is 0 Å². The molecule has 0 saturated carbocycles. The molecule has 0 aliphatic carbocycles. The van der Waals surface area contributed by atoms with Crippen LogP contribution in [0.1, 0.15) is 0 Å². The Balaban J connectivity index is 2.53. The van der Waals surface area contributed by atoms with Gasteiger partial charge in [0.25, 0.3) is 0 Å². The lowest BCUT2D eigenvalue weighted by Crippen LogP contribution is -2.36. The van der Waals surface area contributed by atoms with Crippen LogP contribution in [-0.4, -0.2) is 24.9 Å². The van der Waals surface area contributed by atoms with Gasteiger partial charge in [0.15, 0.2) is 0 Å². The van der Waals surface area contributed by atoms with Crippen LogP contribution < -0.4 is 16.4 Å². The van der Waals surface area contributed by atoms with Gasteiger partial charge in [0.05, 0.1) is 23.8 Å². The number of carbonyl (C=O) groups excluding carboxylic acids is 2. The number of hydrogen-bond donors (Lipinski definition) is 3. The molecule has 0 heterocycles. The topological polar surface area (TPSA) is 84.2 Å². The number of halogens is 2. The molecule has 1 rings (SSSR count). The lowest BCUT2D eigenvalue weighted by molar-refractivity contribution is -0.123. The first-order chi connectivity index (χ1) is 8.02. The second kappa shape index (κ2) is 6.17. The van der Waals surface area contributed by atoms with Crippen LogP contribution in [0.25, 0.3) is 0 Å². The minimum Gasteiger partial charge on any atom is -0.346 e. The SMILES string of the molecule is NCC(=O)NCC(=O)Nc1ccc(F)cc1Cl. The van der Waals surface area contributed by atoms with E-state index in [2.05, 4.69) is 10.6 Å². The molecule has 92 valence electrons. The third-order valence-electron chi connectivity index (χ3n) is 1.84. The molecule has 0 aliphatic rings. The van der Waals surface area contributed by atoms with E-state index < -0.39 is 17.6 Å². The van der Waals surface area contributed by atoms with Crippen LogP contribution in [0.3, 0.4) is 0 Å². The van der Waals surface area contributed by atoms with E-state index in [9.17, 15) is 14.0 Å². The van der Waals surface area contributed by atoms with E-state index in [4.69, 9.17) is 17.3 Å². The first kappa shape index (κ1) is 13.4. The zero-order valence-electron chi connectivity index (χ0n) is 8.80. The Bertz CT molecular complexity index is 440. The van der Waals surface area contributed by atoms with Gasteiger partial charge in [0, 0.05) is 0 Å². The van der Waals surface area contributed by atoms with Crippen molar-refractivity contribution >= 4 is 29.1 Å². The molecule has 4 N–H and O–H groups in total. The van der Waals surface area contributed by atoms with Gasteiger partial charge in [-0.2, -0.15) is 0 Å². The summed E-state index contributed by atoms with van der Waals surface area (Å²) in [5.74, 6) is -1.41. The molecule has 17 heavy (non-hydrogen) atoms. The maximum atomic E-state index is 12.7. The third-order valence-corrected chi connectivity index (χ3v) is 2.15. The number of hydrogen-bond acceptors (Lipinski definition) is 3. The maximum absolute atomic E-state index is 12.7. The summed E-state index contributed by atoms with van der Waals surface area (Å²) in [4.78, 5) is 22.1. The van der Waals surface area contributed by atoms with E-state index in [1.54, 1.807) is 0 Å². The number of benzene rings is 1. The summed E-state index contributed by atoms with van der Waals surface area (Å²) in [6.07, 6.45) is 0. The lowest BCUT2D eigenvalue weighted by atomic mass is 10.3. The standard InChI is InChI=1S/C10H11ClFN3O2/c11-7-3-6(12)1-2-8(7)15-10(17)5-14-9(16)4-13/h1-3H,4-5,13H2,(H,14,16)(H,15,17). The fourth-order valence-corrected chi connectivity index (χ4v) is 1.25. The number of nitrogens with two attached hydrogens (primary N) is 1. The second-order valence-electron chi connectivity index (χ2n) is 3.15. The predicted molar refractivity (Wildman–Crippen MR) is 62.1 cm³/mol. The highest BCUT2D eigenvalue weighted by Gasteiger charge is 2.07. The summed E-state index contributed by atoms with van der Waals surface area (Å²) in [6.45, 7) is -0.408. The van der Waals surface area contributed by atoms with Crippen molar-refractivity contribution in [3.05, 3.63) is 29.0 Å². The quantitative estimate of drug-likeness (QED) is 0.736. The van der Waals surface area contributed by atoms with Crippen LogP contribution in [0.2, 0.25) is 5.02 Å². The van der Waals surface area contributed by atoms with Gasteiger partial charge in [-0.3, -0.25) is 9.59 Å². The molecule has 0 bridgehead atoms. The van der Waals surface area contributed by atoms with Gasteiger partial charge < -0.3 is 16.4 Å². The van der Waals surface area contributed by atoms with Crippen molar-refractivity contribution in [2.75, 3.05) is 18.4 Å². The predicted octanol–water partition coefficient (Wildman–Crippen LogP) is 0.492. The first-order valence-electron chi connectivity index (χ1n) is 4.74. The minimum absolute atomic E-state index is 0.0866. The molecular formula is C10H11ClFN3O2. The van der Waals surface area contributed by atoms with E-state index in [0.29, 0.717) is 0 Å². The fourth-order valence-electron chi connectivity index (χ4n) is 1.04. The van der Waals surface area contributed by atoms with Crippen LogP contribution in [0, 0.1) is 5.82 Å². The molecule has 0 radical (unpaired) electrons. The summed E-state index contributed by atoms with van der Waals surface area (Å²) in [6, 6.07) is 3.58. The van der Waals surface area contributed by atoms with E-state index in [1.165, 1.54) is 12.1 Å². The normalized spacial score (nSPS) is 9.82. The van der Waals surface area contributed by atoms with Crippen molar-refractivity contribution in [1.29, 1.82) is 0 Å². The zero-order valence-corrected chi connectivity index (χ0v) is 9.55. The summed E-state index contributed by atoms with van der Waals surface area (Å²) in [5.41, 5.74) is 5.32. The van der Waals surface area contributed by atoms with Crippen molar-refractivity contribution in [3.63, 3.8) is 0 Å². The van der Waals surface area contributed by atoms with Crippen LogP contribution in [0.4, 0.5) is 10.1 Å². The molecule has 0 unspecified atom stereocenters. The molecule has 1 aromatic rings. The first-order valence-corrected chi connectivity index (χ1v) is 5.12. The molecule has 0 saturated heterocycles. The number of rotatable bonds is 4. The van der Waals surface area contributed by atoms with E-state index in [0.717, 1.165) is 6.07 Å². The molecule has 7 heteroatoms. The van der Waals surface area contributed by atoms with Gasteiger partial charge in [-0.25, -0.2) is 4.39 Å². The molecule has 1 aromatic carbocycles. The van der Waals surface area contributed by atoms with E-state index in [1.807, 2.05) is 0 Å². The Morgan fingerprint density at radius 2 is 2.06 bits per heavy atom. The Kier molecular flexibility index (Phi) is 4.86. The van der Waals surface area contributed by atoms with Gasteiger partial charge in [0.2, 0.25) is 11.8 Å². The molecule has 0 aliphatic heterocycles. The molecular weight excluding hydrogens is 249 g/mol. The summed E-state index contributed by atoms with van der Waals surface area (Å²) in [7, 11) is 0. The van der Waals surface area contributed by atoms with Crippen LogP contribution in [0.15, 0.2) is 18.2 Å². The smallest absolute Gasteiger partial charge is 0.243 e. The Hall–Kier alpha value is -1.66. The summed E-state index contributed by atoms with van der Waals surface area (Å²) >= 11 is 5.70. The van der Waals surface area contributed by atoms with E-state index >= 15 is 0 Å². The maximum Gasteiger partial charge on any atom is 0.243 e. The highest BCUT2D eigenvalue weighted by Crippen LogP contribution is 2.21. The highest BCUT2D eigenvalue weighted by molar-refractivity contribution is 6.33. The average Bonchev–Trinajstić information content (AvgIpc) is 2.29. The number of anilines is 1. The second-order valence-corrected chi connectivity index (χ2v) is 3.56. The van der Waals surface area contributed by atoms with Gasteiger partial charge >= 0.3 is 0 Å². The summed E-state index contributed by atoms with van der Waals surface area (Å²) < 4.78 is 12.7. The monoisotopic (exact) mass is 259 g/mol. The summed E-state index contributed by atoms with van der Waals surface area (Å²) in [5, 5.41) is 4.80. The number of carbonyl (C=O) groups is 2. The van der Waals surface area contributed by atoms with Gasteiger partial charge in [-0.05, 0) is 18.2 Å². The molecule has 0 atom stereocenters. The van der Waals surface area contributed by atoms with E-state index in [-0.39, 0.29) is 23.8 Å². The third kappa shape index (κ3) is 4.38. The molecule has 0 aromatic heterocycles. The van der Waals surface area contributed by atoms with Gasteiger partial charge in [0.1, 0.15) is 5.82 Å². The fraction of sp³-hybridized carbons (Fsp3) is 0.200. The van der Waals surface area contributed by atoms with Crippen LogP contribution in [-0.2, 0) is 9.59 Å². The Morgan fingerprint density at radius 1 is 1.35 bits per heavy atom. The molecule has 0 spiro atoms. The largest absolute Gasteiger partial charge is 0.346 e. The van der Waals surface area contributed by atoms with Crippen LogP contribution >= 0.6 is 11.6 Å². The van der Waals surface area contributed by atoms with Crippen molar-refractivity contribution in [3.8, 4) is 0 Å². The molecule has 5 nitrogen and oxygen atoms in total. The van der Waals surface area contributed by atoms with Crippen molar-refractivity contribution in [2.45, 2.75) is 0 Å². The minimum atomic E-state index is -0.496. The van der Waals surface area contributed by atoms with Crippen molar-refractivity contribution in [1.82, 2.24) is 5.32 Å². The molecule has 0 fully saturated rings. The molecule has 2 amide bonds. The van der Waals surface area contributed by atoms with Gasteiger partial charge in [-0.15, -0.1) is 0 Å². The number of amides is 2. The zero-order chi connectivity index (χ0) is 12.8. The number of nitrogens with one attached hydrogen (secondary N) is 2. The highest BCUT2D eigenvalue weighted by atomic mass is 35.5. The average molecular weight is 260 g/mol. The Labute approximate surface area is 102 Å². The Morgan fingerprint density at radius 3 is 2.65 bits per heavy atom. The van der Waals surface area contributed by atoms with Gasteiger partial charge in [-0.1, -0.05) is 11.6 Å². The lowest BCUT2D eigenvalue weighted by Gasteiger charge is -2.07.